The van der Waals surface area contributed by atoms with Gasteiger partial charge < -0.3 is 34.7 Å². The molecular formula is C38H42N8O3. The van der Waals surface area contributed by atoms with Crippen LogP contribution < -0.4 is 15.8 Å². The molecule has 3 N–H and O–H groups in total. The highest BCUT2D eigenvalue weighted by Gasteiger charge is 2.47. The number of ether oxygens (including phenoxy) is 1. The highest BCUT2D eigenvalue weighted by Crippen LogP contribution is 2.41. The maximum atomic E-state index is 14.0. The van der Waals surface area contributed by atoms with Crippen LogP contribution in [-0.4, -0.2) is 86.6 Å². The number of pyridine rings is 1. The molecule has 2 amide bonds. The van der Waals surface area contributed by atoms with E-state index >= 15 is 0 Å². The van der Waals surface area contributed by atoms with Crippen molar-refractivity contribution in [2.45, 2.75) is 50.9 Å². The summed E-state index contributed by atoms with van der Waals surface area (Å²) in [4.78, 5) is 40.8. The lowest BCUT2D eigenvalue weighted by Gasteiger charge is -2.40. The number of rotatable bonds is 9. The third-order valence-electron chi connectivity index (χ3n) is 11.3. The Morgan fingerprint density at radius 1 is 0.918 bits per heavy atom. The van der Waals surface area contributed by atoms with Gasteiger partial charge in [-0.05, 0) is 73.9 Å². The van der Waals surface area contributed by atoms with Crippen molar-refractivity contribution in [3.05, 3.63) is 71.9 Å². The highest BCUT2D eigenvalue weighted by atomic mass is 16.5. The van der Waals surface area contributed by atoms with Gasteiger partial charge in [-0.1, -0.05) is 18.2 Å². The van der Waals surface area contributed by atoms with Crippen molar-refractivity contribution >= 4 is 39.6 Å². The Morgan fingerprint density at radius 2 is 1.73 bits per heavy atom. The van der Waals surface area contributed by atoms with Crippen molar-refractivity contribution in [1.82, 2.24) is 28.9 Å². The van der Waals surface area contributed by atoms with Crippen LogP contribution in [0, 0.1) is 17.8 Å². The van der Waals surface area contributed by atoms with Crippen molar-refractivity contribution < 1.29 is 14.3 Å². The molecule has 252 valence electrons. The minimum atomic E-state index is -0.00696. The van der Waals surface area contributed by atoms with Gasteiger partial charge in [0.15, 0.2) is 5.82 Å². The van der Waals surface area contributed by atoms with Crippen molar-refractivity contribution in [3.63, 3.8) is 0 Å². The van der Waals surface area contributed by atoms with Crippen LogP contribution in [0.1, 0.15) is 46.4 Å². The molecule has 9 rings (SSSR count). The van der Waals surface area contributed by atoms with E-state index < -0.39 is 0 Å². The standard InChI is InChI=1S/C38H42N8O3/c1-40-33-16-25(11-12-41-33)37(47)43-17-23(18-43)20-46-35-28(13-27(15-32(35)49-2)38(48)45-21-26-9-10-30(45)34(26)39)42-36(46)31-14-24-5-3-4-6-29(24)44(31)19-22-7-8-22/h3-6,11-16,22-23,26,30,34H,7-10,17-21,39H2,1-2H3,(H,40,41)/t26?,30?,34-/m1/s1. The molecule has 2 aliphatic carbocycles. The Labute approximate surface area is 285 Å². The number of methoxy groups -OCH3 is 1. The molecule has 2 unspecified atom stereocenters. The predicted octanol–water partition coefficient (Wildman–Crippen LogP) is 4.85. The largest absolute Gasteiger partial charge is 0.494 e. The number of para-hydroxylation sites is 1. The summed E-state index contributed by atoms with van der Waals surface area (Å²) in [6.07, 6.45) is 6.19. The van der Waals surface area contributed by atoms with Gasteiger partial charge in [0, 0.05) is 86.0 Å². The average Bonchev–Trinajstić information content (AvgIpc) is 3.47. The second-order valence-electron chi connectivity index (χ2n) is 14.4. The summed E-state index contributed by atoms with van der Waals surface area (Å²) in [6.45, 7) is 3.58. The predicted molar refractivity (Wildman–Crippen MR) is 189 cm³/mol. The van der Waals surface area contributed by atoms with Crippen molar-refractivity contribution in [1.29, 1.82) is 0 Å². The molecule has 2 saturated heterocycles. The van der Waals surface area contributed by atoms with Gasteiger partial charge in [-0.3, -0.25) is 9.59 Å². The Hall–Kier alpha value is -4.90. The number of imidazole rings is 1. The number of nitrogens with one attached hydrogen (secondary N) is 1. The van der Waals surface area contributed by atoms with Crippen LogP contribution in [0.2, 0.25) is 0 Å². The van der Waals surface area contributed by atoms with Crippen LogP contribution in [0.25, 0.3) is 33.5 Å². The number of nitrogens with two attached hydrogens (primary N) is 1. The molecule has 11 nitrogen and oxygen atoms in total. The van der Waals surface area contributed by atoms with Crippen LogP contribution in [-0.2, 0) is 13.1 Å². The topological polar surface area (TPSA) is 124 Å². The highest BCUT2D eigenvalue weighted by molar-refractivity contribution is 6.01. The second-order valence-corrected chi connectivity index (χ2v) is 14.4. The zero-order valence-electron chi connectivity index (χ0n) is 28.0. The molecular weight excluding hydrogens is 616 g/mol. The SMILES string of the molecule is CNc1cc(C(=O)N2CC(Cn3c(-c4cc5ccccc5n4CC4CC4)nc4cc(C(=O)N5CC6CCC5[C@@H]6N)cc(OC)c43)C2)ccn1. The molecule has 49 heavy (non-hydrogen) atoms. The molecule has 5 heterocycles. The monoisotopic (exact) mass is 658 g/mol. The number of benzene rings is 2. The zero-order chi connectivity index (χ0) is 33.4. The molecule has 5 aromatic rings. The molecule has 0 radical (unpaired) electrons. The first-order chi connectivity index (χ1) is 23.9. The average molecular weight is 659 g/mol. The van der Waals surface area contributed by atoms with E-state index in [-0.39, 0.29) is 29.8 Å². The lowest BCUT2D eigenvalue weighted by Crippen LogP contribution is -2.51. The van der Waals surface area contributed by atoms with Crippen LogP contribution >= 0.6 is 0 Å². The Morgan fingerprint density at radius 3 is 2.47 bits per heavy atom. The number of carbonyl (C=O) groups is 2. The van der Waals surface area contributed by atoms with Crippen molar-refractivity contribution in [3.8, 4) is 17.3 Å². The Kier molecular flexibility index (Phi) is 7.15. The molecule has 3 atom stereocenters. The Balaban J connectivity index is 1.11. The number of fused-ring (bicyclic) bond motifs is 4. The van der Waals surface area contributed by atoms with Gasteiger partial charge in [0.25, 0.3) is 11.8 Å². The fraction of sp³-hybridized carbons (Fsp3) is 0.421. The zero-order valence-corrected chi connectivity index (χ0v) is 28.0. The first-order valence-corrected chi connectivity index (χ1v) is 17.6. The number of piperidine rings is 1. The van der Waals surface area contributed by atoms with E-state index in [0.717, 1.165) is 41.9 Å². The fourth-order valence-corrected chi connectivity index (χ4v) is 8.47. The smallest absolute Gasteiger partial charge is 0.254 e. The number of anilines is 1. The number of likely N-dealkylation sites (tertiary alicyclic amines) is 2. The van der Waals surface area contributed by atoms with Crippen LogP contribution in [0.4, 0.5) is 5.82 Å². The van der Waals surface area contributed by atoms with Gasteiger partial charge in [-0.2, -0.15) is 0 Å². The normalized spacial score (nSPS) is 21.9. The van der Waals surface area contributed by atoms with E-state index in [4.69, 9.17) is 15.5 Å². The van der Waals surface area contributed by atoms with Gasteiger partial charge in [-0.15, -0.1) is 0 Å². The molecule has 4 fully saturated rings. The van der Waals surface area contributed by atoms with Gasteiger partial charge in [0.1, 0.15) is 17.1 Å². The van der Waals surface area contributed by atoms with Crippen molar-refractivity contribution in [2.75, 3.05) is 39.1 Å². The first-order valence-electron chi connectivity index (χ1n) is 17.6. The summed E-state index contributed by atoms with van der Waals surface area (Å²) in [5, 5.41) is 4.19. The number of hydrogen-bond donors (Lipinski definition) is 2. The quantitative estimate of drug-likeness (QED) is 0.232. The summed E-state index contributed by atoms with van der Waals surface area (Å²) >= 11 is 0. The molecule has 2 aliphatic heterocycles. The van der Waals surface area contributed by atoms with Gasteiger partial charge >= 0.3 is 0 Å². The van der Waals surface area contributed by atoms with Gasteiger partial charge in [0.2, 0.25) is 0 Å². The lowest BCUT2D eigenvalue weighted by molar-refractivity contribution is 0.0471. The summed E-state index contributed by atoms with van der Waals surface area (Å²) in [5.74, 6) is 3.41. The third-order valence-corrected chi connectivity index (χ3v) is 11.3. The van der Waals surface area contributed by atoms with Crippen molar-refractivity contribution in [2.24, 2.45) is 23.5 Å². The molecule has 3 aromatic heterocycles. The molecule has 0 spiro atoms. The first kappa shape index (κ1) is 30.2. The number of nitrogens with zero attached hydrogens (tertiary/aromatic N) is 6. The Bertz CT molecular complexity index is 2110. The number of amides is 2. The van der Waals surface area contributed by atoms with E-state index in [1.54, 1.807) is 32.5 Å². The third kappa shape index (κ3) is 5.05. The summed E-state index contributed by atoms with van der Waals surface area (Å²) < 4.78 is 10.7. The van der Waals surface area contributed by atoms with Crippen LogP contribution in [0.3, 0.4) is 0 Å². The lowest BCUT2D eigenvalue weighted by atomic mass is 9.98. The molecule has 2 saturated carbocycles. The molecule has 11 heteroatoms. The molecule has 2 bridgehead atoms. The van der Waals surface area contributed by atoms with Gasteiger partial charge in [-0.25, -0.2) is 9.97 Å². The summed E-state index contributed by atoms with van der Waals surface area (Å²) in [7, 11) is 3.46. The molecule has 2 aromatic carbocycles. The summed E-state index contributed by atoms with van der Waals surface area (Å²) in [5.41, 5.74) is 11.6. The van der Waals surface area contributed by atoms with E-state index in [0.29, 0.717) is 60.7 Å². The van der Waals surface area contributed by atoms with E-state index in [2.05, 4.69) is 49.8 Å². The minimum Gasteiger partial charge on any atom is -0.494 e. The van der Waals surface area contributed by atoms with Gasteiger partial charge in [0.05, 0.1) is 18.3 Å². The maximum absolute atomic E-state index is 14.0. The number of aromatic nitrogens is 4. The fourth-order valence-electron chi connectivity index (χ4n) is 8.47. The number of carbonyl (C=O) groups excluding carboxylic acids is 2. The van der Waals surface area contributed by atoms with E-state index in [1.165, 1.54) is 23.7 Å². The van der Waals surface area contributed by atoms with Crippen LogP contribution in [0.5, 0.6) is 5.75 Å². The van der Waals surface area contributed by atoms with E-state index in [1.807, 2.05) is 21.9 Å². The van der Waals surface area contributed by atoms with E-state index in [9.17, 15) is 9.59 Å². The maximum Gasteiger partial charge on any atom is 0.254 e. The number of hydrogen-bond acceptors (Lipinski definition) is 7. The van der Waals surface area contributed by atoms with Crippen LogP contribution in [0.15, 0.2) is 60.8 Å². The summed E-state index contributed by atoms with van der Waals surface area (Å²) in [6, 6.07) is 18.3. The second kappa shape index (κ2) is 11.6. The molecule has 4 aliphatic rings. The minimum absolute atomic E-state index is 0.00601.